The van der Waals surface area contributed by atoms with Gasteiger partial charge in [0, 0.05) is 19.3 Å². The highest BCUT2D eigenvalue weighted by atomic mass is 16.6. The van der Waals surface area contributed by atoms with Gasteiger partial charge in [0.2, 0.25) is 0 Å². The number of carbonyl (C=O) groups is 3. The number of unbranched alkanes of at least 4 members (excludes halogenated alkanes) is 11. The van der Waals surface area contributed by atoms with E-state index in [1.165, 1.54) is 12.8 Å². The van der Waals surface area contributed by atoms with Crippen molar-refractivity contribution in [3.63, 3.8) is 0 Å². The lowest BCUT2D eigenvalue weighted by atomic mass is 10.1. The van der Waals surface area contributed by atoms with E-state index >= 15 is 0 Å². The largest absolute Gasteiger partial charge is 0.477 e. The summed E-state index contributed by atoms with van der Waals surface area (Å²) in [5.41, 5.74) is 0. The number of ether oxygens (including phenoxy) is 3. The summed E-state index contributed by atoms with van der Waals surface area (Å²) in [4.78, 5) is 36.9. The van der Waals surface area contributed by atoms with Gasteiger partial charge in [-0.3, -0.25) is 9.59 Å². The lowest BCUT2D eigenvalue weighted by Gasteiger charge is -2.31. The van der Waals surface area contributed by atoms with Crippen LogP contribution in [0.1, 0.15) is 142 Å². The molecule has 2 atom stereocenters. The summed E-state index contributed by atoms with van der Waals surface area (Å²) in [7, 11) is 5.50. The molecular formula is C45H76NO7+. The van der Waals surface area contributed by atoms with Gasteiger partial charge in [-0.15, -0.1) is 0 Å². The molecule has 0 aliphatic heterocycles. The van der Waals surface area contributed by atoms with Gasteiger partial charge < -0.3 is 23.8 Å². The third kappa shape index (κ3) is 34.3. The minimum atomic E-state index is -0.885. The Bertz CT molecular complexity index is 1100. The van der Waals surface area contributed by atoms with Crippen molar-refractivity contribution >= 4 is 17.9 Å². The molecule has 0 saturated heterocycles. The van der Waals surface area contributed by atoms with Crippen LogP contribution in [0, 0.1) is 0 Å². The zero-order valence-corrected chi connectivity index (χ0v) is 34.2. The van der Waals surface area contributed by atoms with Crippen molar-refractivity contribution in [2.24, 2.45) is 0 Å². The molecule has 8 heteroatoms. The Hall–Kier alpha value is -3.23. The van der Waals surface area contributed by atoms with Crippen LogP contribution in [0.4, 0.5) is 0 Å². The molecule has 0 saturated carbocycles. The minimum absolute atomic E-state index is 0.0443. The Kier molecular flexibility index (Phi) is 33.6. The van der Waals surface area contributed by atoms with Gasteiger partial charge in [-0.2, -0.15) is 0 Å². The molecule has 0 rings (SSSR count). The van der Waals surface area contributed by atoms with Crippen LogP contribution in [0.3, 0.4) is 0 Å². The predicted molar refractivity (Wildman–Crippen MR) is 220 cm³/mol. The van der Waals surface area contributed by atoms with Gasteiger partial charge in [0.15, 0.2) is 12.1 Å². The molecule has 0 bridgehead atoms. The molecule has 1 N–H and O–H groups in total. The summed E-state index contributed by atoms with van der Waals surface area (Å²) in [6.45, 7) is 4.43. The molecule has 2 unspecified atom stereocenters. The third-order valence-corrected chi connectivity index (χ3v) is 8.66. The van der Waals surface area contributed by atoms with Crippen molar-refractivity contribution in [3.8, 4) is 0 Å². The third-order valence-electron chi connectivity index (χ3n) is 8.66. The van der Waals surface area contributed by atoms with E-state index in [4.69, 9.17) is 14.2 Å². The Balaban J connectivity index is 4.44. The normalized spacial score (nSPS) is 13.8. The first-order valence-electron chi connectivity index (χ1n) is 20.5. The van der Waals surface area contributed by atoms with Crippen LogP contribution in [-0.2, 0) is 28.6 Å². The van der Waals surface area contributed by atoms with Crippen molar-refractivity contribution in [1.82, 2.24) is 0 Å². The van der Waals surface area contributed by atoms with Gasteiger partial charge >= 0.3 is 17.9 Å². The Labute approximate surface area is 323 Å². The number of hydrogen-bond donors (Lipinski definition) is 1. The van der Waals surface area contributed by atoms with E-state index in [-0.39, 0.29) is 36.2 Å². The van der Waals surface area contributed by atoms with E-state index in [9.17, 15) is 19.5 Å². The molecule has 0 aliphatic carbocycles. The Morgan fingerprint density at radius 2 is 1.09 bits per heavy atom. The molecular weight excluding hydrogens is 666 g/mol. The molecule has 0 spiro atoms. The SMILES string of the molecule is CC/C=C/C=C/C=C/CCCCCCCC(=O)OC(COCCC(C(=O)O)[N+](C)(C)C)COC(=O)CCCCCCCC/C=C/C/C=C/C/C=C/CC. The molecule has 0 aliphatic rings. The number of rotatable bonds is 35. The monoisotopic (exact) mass is 743 g/mol. The summed E-state index contributed by atoms with van der Waals surface area (Å²) in [5, 5.41) is 9.60. The molecule has 0 aromatic carbocycles. The fourth-order valence-electron chi connectivity index (χ4n) is 5.52. The van der Waals surface area contributed by atoms with Crippen LogP contribution in [0.2, 0.25) is 0 Å². The van der Waals surface area contributed by atoms with E-state index in [1.54, 1.807) is 0 Å². The molecule has 8 nitrogen and oxygen atoms in total. The van der Waals surface area contributed by atoms with Crippen LogP contribution < -0.4 is 0 Å². The molecule has 0 radical (unpaired) electrons. The molecule has 0 fully saturated rings. The summed E-state index contributed by atoms with van der Waals surface area (Å²) < 4.78 is 17.2. The van der Waals surface area contributed by atoms with E-state index < -0.39 is 18.1 Å². The second kappa shape index (κ2) is 35.8. The number of carbonyl (C=O) groups excluding carboxylic acids is 2. The number of quaternary nitrogens is 1. The number of allylic oxidation sites excluding steroid dienone is 12. The van der Waals surface area contributed by atoms with Gasteiger partial charge in [0.25, 0.3) is 0 Å². The lowest BCUT2D eigenvalue weighted by molar-refractivity contribution is -0.887. The van der Waals surface area contributed by atoms with Gasteiger partial charge in [0.1, 0.15) is 6.61 Å². The van der Waals surface area contributed by atoms with Crippen molar-refractivity contribution in [1.29, 1.82) is 0 Å². The number of esters is 2. The predicted octanol–water partition coefficient (Wildman–Crippen LogP) is 10.8. The van der Waals surface area contributed by atoms with E-state index in [2.05, 4.69) is 74.6 Å². The van der Waals surface area contributed by atoms with Crippen LogP contribution in [0.25, 0.3) is 0 Å². The zero-order chi connectivity index (χ0) is 39.3. The molecule has 0 amide bonds. The quantitative estimate of drug-likeness (QED) is 0.0227. The first-order chi connectivity index (χ1) is 25.6. The highest BCUT2D eigenvalue weighted by Gasteiger charge is 2.31. The smallest absolute Gasteiger partial charge is 0.362 e. The minimum Gasteiger partial charge on any atom is -0.477 e. The Morgan fingerprint density at radius 1 is 0.585 bits per heavy atom. The van der Waals surface area contributed by atoms with Gasteiger partial charge in [-0.25, -0.2) is 4.79 Å². The van der Waals surface area contributed by atoms with Gasteiger partial charge in [-0.1, -0.05) is 132 Å². The van der Waals surface area contributed by atoms with Crippen LogP contribution in [-0.4, -0.2) is 80.6 Å². The summed E-state index contributed by atoms with van der Waals surface area (Å²) in [6.07, 6.45) is 43.7. The zero-order valence-electron chi connectivity index (χ0n) is 34.2. The van der Waals surface area contributed by atoms with Crippen molar-refractivity contribution in [2.75, 3.05) is 41.0 Å². The second-order valence-electron chi connectivity index (χ2n) is 14.5. The average Bonchev–Trinajstić information content (AvgIpc) is 3.11. The number of hydrogen-bond acceptors (Lipinski definition) is 6. The molecule has 0 aromatic rings. The van der Waals surface area contributed by atoms with Crippen molar-refractivity contribution in [2.45, 2.75) is 154 Å². The van der Waals surface area contributed by atoms with E-state index in [1.807, 2.05) is 33.3 Å². The summed E-state index contributed by atoms with van der Waals surface area (Å²) >= 11 is 0. The van der Waals surface area contributed by atoms with Crippen LogP contribution in [0.15, 0.2) is 72.9 Å². The lowest BCUT2D eigenvalue weighted by Crippen LogP contribution is -2.50. The van der Waals surface area contributed by atoms with Crippen LogP contribution in [0.5, 0.6) is 0 Å². The highest BCUT2D eigenvalue weighted by molar-refractivity contribution is 5.72. The average molecular weight is 743 g/mol. The van der Waals surface area contributed by atoms with Crippen molar-refractivity contribution < 1.29 is 38.2 Å². The maximum absolute atomic E-state index is 12.7. The number of nitrogens with zero attached hydrogens (tertiary/aromatic N) is 1. The number of carboxylic acids is 1. The van der Waals surface area contributed by atoms with Gasteiger partial charge in [0.05, 0.1) is 34.4 Å². The Morgan fingerprint density at radius 3 is 1.68 bits per heavy atom. The molecule has 0 aromatic heterocycles. The fourth-order valence-corrected chi connectivity index (χ4v) is 5.52. The molecule has 53 heavy (non-hydrogen) atoms. The number of carboxylic acid groups (broad SMARTS) is 1. The van der Waals surface area contributed by atoms with E-state index in [0.29, 0.717) is 19.3 Å². The topological polar surface area (TPSA) is 99.1 Å². The first kappa shape index (κ1) is 49.8. The first-order valence-corrected chi connectivity index (χ1v) is 20.5. The molecule has 0 heterocycles. The maximum Gasteiger partial charge on any atom is 0.362 e. The highest BCUT2D eigenvalue weighted by Crippen LogP contribution is 2.13. The van der Waals surface area contributed by atoms with Crippen LogP contribution >= 0.6 is 0 Å². The fraction of sp³-hybridized carbons (Fsp3) is 0.667. The standard InChI is InChI=1S/C45H75NO7/c1-6-8-10-12-14-16-18-20-21-22-24-25-27-29-31-33-35-43(47)52-40-41(39-51-38-37-42(45(49)50)46(3,4)5)53-44(48)36-34-32-30-28-26-23-19-17-15-13-11-9-7-2/h8-11,13-17,19-21,41-42H,6-7,12,18,22-40H2,1-5H3/p+1/b10-8+,11-9+,15-13+,16-14+,19-17+,21-20+. The maximum atomic E-state index is 12.7. The summed E-state index contributed by atoms with van der Waals surface area (Å²) in [5.74, 6) is -1.52. The number of aliphatic carboxylic acids is 1. The summed E-state index contributed by atoms with van der Waals surface area (Å²) in [6, 6.07) is -0.623. The second-order valence-corrected chi connectivity index (χ2v) is 14.5. The number of likely N-dealkylation sites (N-methyl/N-ethyl adjacent to an activating group) is 1. The van der Waals surface area contributed by atoms with Crippen molar-refractivity contribution in [3.05, 3.63) is 72.9 Å². The van der Waals surface area contributed by atoms with Gasteiger partial charge in [-0.05, 0) is 64.2 Å². The van der Waals surface area contributed by atoms with E-state index in [0.717, 1.165) is 96.3 Å². The molecule has 302 valence electrons.